The minimum absolute atomic E-state index is 0.445. The molecule has 0 spiro atoms. The molecule has 2 nitrogen and oxygen atoms in total. The number of rotatable bonds is 5. The Bertz CT molecular complexity index is 231. The van der Waals surface area contributed by atoms with Gasteiger partial charge in [0.1, 0.15) is 0 Å². The molecular weight excluding hydrogens is 172 g/mol. The van der Waals surface area contributed by atoms with Gasteiger partial charge in [-0.3, -0.25) is 0 Å². The SMILES string of the molecule is CC(C)(C)CCNCCn1cccc1. The van der Waals surface area contributed by atoms with E-state index in [4.69, 9.17) is 0 Å². The van der Waals surface area contributed by atoms with Crippen molar-refractivity contribution in [1.82, 2.24) is 9.88 Å². The van der Waals surface area contributed by atoms with Crippen LogP contribution in [0.4, 0.5) is 0 Å². The van der Waals surface area contributed by atoms with Crippen LogP contribution < -0.4 is 5.32 Å². The van der Waals surface area contributed by atoms with Crippen molar-refractivity contribution >= 4 is 0 Å². The average molecular weight is 194 g/mol. The van der Waals surface area contributed by atoms with Gasteiger partial charge in [-0.05, 0) is 30.5 Å². The topological polar surface area (TPSA) is 17.0 Å². The van der Waals surface area contributed by atoms with E-state index < -0.39 is 0 Å². The average Bonchev–Trinajstić information content (AvgIpc) is 2.54. The van der Waals surface area contributed by atoms with Gasteiger partial charge in [0.2, 0.25) is 0 Å². The maximum atomic E-state index is 3.46. The first-order valence-electron chi connectivity index (χ1n) is 5.39. The third kappa shape index (κ3) is 5.07. The summed E-state index contributed by atoms with van der Waals surface area (Å²) in [6.07, 6.45) is 5.44. The summed E-state index contributed by atoms with van der Waals surface area (Å²) in [5.41, 5.74) is 0.445. The Morgan fingerprint density at radius 2 is 1.71 bits per heavy atom. The van der Waals surface area contributed by atoms with Crippen molar-refractivity contribution in [3.63, 3.8) is 0 Å². The summed E-state index contributed by atoms with van der Waals surface area (Å²) in [6.45, 7) is 10.1. The van der Waals surface area contributed by atoms with Gasteiger partial charge in [0.25, 0.3) is 0 Å². The zero-order valence-corrected chi connectivity index (χ0v) is 9.59. The van der Waals surface area contributed by atoms with E-state index in [-0.39, 0.29) is 0 Å². The molecule has 80 valence electrons. The fraction of sp³-hybridized carbons (Fsp3) is 0.667. The molecule has 0 aliphatic rings. The molecule has 1 N–H and O–H groups in total. The molecule has 0 atom stereocenters. The zero-order chi connectivity index (χ0) is 10.4. The Labute approximate surface area is 87.3 Å². The largest absolute Gasteiger partial charge is 0.353 e. The van der Waals surface area contributed by atoms with Gasteiger partial charge in [-0.1, -0.05) is 20.8 Å². The molecule has 1 aromatic heterocycles. The van der Waals surface area contributed by atoms with Crippen molar-refractivity contribution in [2.45, 2.75) is 33.7 Å². The molecule has 0 fully saturated rings. The second kappa shape index (κ2) is 5.20. The van der Waals surface area contributed by atoms with Crippen LogP contribution in [-0.2, 0) is 6.54 Å². The normalized spacial score (nSPS) is 11.9. The van der Waals surface area contributed by atoms with Gasteiger partial charge in [0.05, 0.1) is 0 Å². The van der Waals surface area contributed by atoms with Crippen LogP contribution >= 0.6 is 0 Å². The van der Waals surface area contributed by atoms with Crippen LogP contribution in [0.15, 0.2) is 24.5 Å². The molecule has 1 aromatic rings. The molecule has 0 saturated heterocycles. The maximum absolute atomic E-state index is 3.46. The lowest BCUT2D eigenvalue weighted by molar-refractivity contribution is 0.365. The summed E-state index contributed by atoms with van der Waals surface area (Å²) in [5.74, 6) is 0. The van der Waals surface area contributed by atoms with Crippen molar-refractivity contribution in [3.05, 3.63) is 24.5 Å². The Morgan fingerprint density at radius 1 is 1.07 bits per heavy atom. The standard InChI is InChI=1S/C12H22N2/c1-12(2,3)6-7-13-8-11-14-9-4-5-10-14/h4-5,9-10,13H,6-8,11H2,1-3H3. The predicted octanol–water partition coefficient (Wildman–Crippen LogP) is 2.51. The van der Waals surface area contributed by atoms with Gasteiger partial charge in [-0.15, -0.1) is 0 Å². The molecule has 1 rings (SSSR count). The minimum atomic E-state index is 0.445. The van der Waals surface area contributed by atoms with Crippen LogP contribution in [-0.4, -0.2) is 17.7 Å². The number of hydrogen-bond acceptors (Lipinski definition) is 1. The number of aromatic nitrogens is 1. The summed E-state index contributed by atoms with van der Waals surface area (Å²) >= 11 is 0. The highest BCUT2D eigenvalue weighted by Crippen LogP contribution is 2.16. The van der Waals surface area contributed by atoms with E-state index in [1.807, 2.05) is 0 Å². The van der Waals surface area contributed by atoms with Gasteiger partial charge in [-0.25, -0.2) is 0 Å². The molecule has 0 saturated carbocycles. The van der Waals surface area contributed by atoms with Gasteiger partial charge >= 0.3 is 0 Å². The lowest BCUT2D eigenvalue weighted by Gasteiger charge is -2.18. The molecular formula is C12H22N2. The molecule has 14 heavy (non-hydrogen) atoms. The molecule has 0 bridgehead atoms. The smallest absolute Gasteiger partial charge is 0.0344 e. The van der Waals surface area contributed by atoms with Crippen LogP contribution in [0.1, 0.15) is 27.2 Å². The highest BCUT2D eigenvalue weighted by atomic mass is 15.0. The molecule has 0 unspecified atom stereocenters. The first-order valence-corrected chi connectivity index (χ1v) is 5.39. The summed E-state index contributed by atoms with van der Waals surface area (Å²) in [6, 6.07) is 4.13. The van der Waals surface area contributed by atoms with E-state index in [1.165, 1.54) is 6.42 Å². The van der Waals surface area contributed by atoms with Crippen molar-refractivity contribution in [2.75, 3.05) is 13.1 Å². The van der Waals surface area contributed by atoms with Gasteiger partial charge in [-0.2, -0.15) is 0 Å². The quantitative estimate of drug-likeness (QED) is 0.713. The first kappa shape index (κ1) is 11.3. The van der Waals surface area contributed by atoms with Crippen molar-refractivity contribution in [2.24, 2.45) is 5.41 Å². The van der Waals surface area contributed by atoms with E-state index in [9.17, 15) is 0 Å². The first-order chi connectivity index (χ1) is 6.58. The maximum Gasteiger partial charge on any atom is 0.0344 e. The number of nitrogens with zero attached hydrogens (tertiary/aromatic N) is 1. The van der Waals surface area contributed by atoms with Crippen molar-refractivity contribution in [1.29, 1.82) is 0 Å². The summed E-state index contributed by atoms with van der Waals surface area (Å²) in [7, 11) is 0. The Hall–Kier alpha value is -0.760. The Morgan fingerprint density at radius 3 is 2.29 bits per heavy atom. The lowest BCUT2D eigenvalue weighted by atomic mass is 9.92. The van der Waals surface area contributed by atoms with E-state index in [0.717, 1.165) is 19.6 Å². The molecule has 0 radical (unpaired) electrons. The molecule has 0 aliphatic carbocycles. The van der Waals surface area contributed by atoms with Crippen molar-refractivity contribution in [3.8, 4) is 0 Å². The predicted molar refractivity (Wildman–Crippen MR) is 61.4 cm³/mol. The van der Waals surface area contributed by atoms with Crippen molar-refractivity contribution < 1.29 is 0 Å². The molecule has 2 heteroatoms. The van der Waals surface area contributed by atoms with Crippen LogP contribution in [0.5, 0.6) is 0 Å². The summed E-state index contributed by atoms with van der Waals surface area (Å²) in [5, 5.41) is 3.46. The van der Waals surface area contributed by atoms with E-state index in [0.29, 0.717) is 5.41 Å². The van der Waals surface area contributed by atoms with Crippen LogP contribution in [0.25, 0.3) is 0 Å². The fourth-order valence-corrected chi connectivity index (χ4v) is 1.32. The van der Waals surface area contributed by atoms with Gasteiger partial charge in [0, 0.05) is 25.5 Å². The zero-order valence-electron chi connectivity index (χ0n) is 9.59. The van der Waals surface area contributed by atoms with Gasteiger partial charge in [0.15, 0.2) is 0 Å². The summed E-state index contributed by atoms with van der Waals surface area (Å²) in [4.78, 5) is 0. The monoisotopic (exact) mass is 194 g/mol. The lowest BCUT2D eigenvalue weighted by Crippen LogP contribution is -2.23. The summed E-state index contributed by atoms with van der Waals surface area (Å²) < 4.78 is 2.20. The molecule has 0 amide bonds. The molecule has 1 heterocycles. The van der Waals surface area contributed by atoms with E-state index in [2.05, 4.69) is 55.2 Å². The number of nitrogens with one attached hydrogen (secondary N) is 1. The second-order valence-electron chi connectivity index (χ2n) is 4.98. The van der Waals surface area contributed by atoms with Gasteiger partial charge < -0.3 is 9.88 Å². The molecule has 0 aliphatic heterocycles. The number of hydrogen-bond donors (Lipinski definition) is 1. The highest BCUT2D eigenvalue weighted by molar-refractivity contribution is 4.90. The van der Waals surface area contributed by atoms with Crippen LogP contribution in [0.3, 0.4) is 0 Å². The van der Waals surface area contributed by atoms with E-state index >= 15 is 0 Å². The third-order valence-corrected chi connectivity index (χ3v) is 2.26. The fourth-order valence-electron chi connectivity index (χ4n) is 1.32. The Kier molecular flexibility index (Phi) is 4.21. The second-order valence-corrected chi connectivity index (χ2v) is 4.98. The van der Waals surface area contributed by atoms with E-state index in [1.54, 1.807) is 0 Å². The minimum Gasteiger partial charge on any atom is -0.353 e. The Balaban J connectivity index is 2.00. The molecule has 0 aromatic carbocycles. The van der Waals surface area contributed by atoms with Crippen LogP contribution in [0, 0.1) is 5.41 Å². The van der Waals surface area contributed by atoms with Crippen LogP contribution in [0.2, 0.25) is 0 Å². The third-order valence-electron chi connectivity index (χ3n) is 2.26. The highest BCUT2D eigenvalue weighted by Gasteiger charge is 2.08.